The molecule has 12 heteroatoms. The van der Waals surface area contributed by atoms with Crippen molar-refractivity contribution in [1.82, 2.24) is 9.78 Å². The maximum atomic E-state index is 12.9. The number of aryl methyl sites for hydroxylation is 1. The van der Waals surface area contributed by atoms with E-state index in [0.29, 0.717) is 10.9 Å². The van der Waals surface area contributed by atoms with Gasteiger partial charge in [0.25, 0.3) is 11.5 Å². The second kappa shape index (κ2) is 6.42. The van der Waals surface area contributed by atoms with Gasteiger partial charge < -0.3 is 0 Å². The van der Waals surface area contributed by atoms with Crippen LogP contribution in [-0.2, 0) is 12.7 Å². The van der Waals surface area contributed by atoms with Crippen LogP contribution in [0, 0.1) is 17.0 Å². The van der Waals surface area contributed by atoms with Crippen molar-refractivity contribution in [2.24, 2.45) is 0 Å². The van der Waals surface area contributed by atoms with E-state index in [4.69, 9.17) is 0 Å². The molecule has 0 aliphatic heterocycles. The Balaban J connectivity index is 2.43. The lowest BCUT2D eigenvalue weighted by Crippen LogP contribution is -2.25. The van der Waals surface area contributed by atoms with E-state index < -0.39 is 40.9 Å². The second-order valence-corrected chi connectivity index (χ2v) is 5.29. The molecule has 26 heavy (non-hydrogen) atoms. The number of halogens is 6. The molecular weight excluding hydrogens is 372 g/mol. The highest BCUT2D eigenvalue weighted by molar-refractivity contribution is 6.01. The summed E-state index contributed by atoms with van der Waals surface area (Å²) < 4.78 is 76.7. The number of carbonyl (C=O) groups excluding carboxylic acids is 1. The molecule has 0 saturated carbocycles. The number of carbonyl (C=O) groups is 1. The topological polar surface area (TPSA) is 78.0 Å². The van der Waals surface area contributed by atoms with Crippen LogP contribution in [0.2, 0.25) is 0 Å². The van der Waals surface area contributed by atoms with E-state index in [2.05, 4.69) is 5.10 Å². The third-order valence-corrected chi connectivity index (χ3v) is 3.33. The first-order valence-electron chi connectivity index (χ1n) is 6.81. The predicted octanol–water partition coefficient (Wildman–Crippen LogP) is 3.91. The smallest absolute Gasteiger partial charge is 0.284 e. The first kappa shape index (κ1) is 19.4. The molecule has 0 saturated heterocycles. The van der Waals surface area contributed by atoms with Crippen LogP contribution in [0.5, 0.6) is 0 Å². The van der Waals surface area contributed by atoms with Crippen molar-refractivity contribution in [3.8, 4) is 0 Å². The summed E-state index contributed by atoms with van der Waals surface area (Å²) in [6.07, 6.45) is -10.4. The summed E-state index contributed by atoms with van der Waals surface area (Å²) in [6, 6.07) is 3.63. The zero-order valence-corrected chi connectivity index (χ0v) is 12.9. The van der Waals surface area contributed by atoms with E-state index in [9.17, 15) is 41.3 Å². The molecule has 0 fully saturated rings. The van der Waals surface area contributed by atoms with Gasteiger partial charge in [0, 0.05) is 17.8 Å². The summed E-state index contributed by atoms with van der Waals surface area (Å²) in [7, 11) is 0. The van der Waals surface area contributed by atoms with E-state index in [1.165, 1.54) is 19.1 Å². The highest BCUT2D eigenvalue weighted by Gasteiger charge is 2.47. The second-order valence-electron chi connectivity index (χ2n) is 5.29. The quantitative estimate of drug-likeness (QED) is 0.348. The molecule has 0 aliphatic carbocycles. The molecule has 140 valence electrons. The van der Waals surface area contributed by atoms with Gasteiger partial charge in [0.05, 0.1) is 17.0 Å². The molecule has 6 nitrogen and oxygen atoms in total. The minimum atomic E-state index is -5.49. The fraction of sp³-hybridized carbons (Fsp3) is 0.286. The standard InChI is InChI=1S/C14H9F6N3O3/c1-7-4-8(2-3-10(7)23(25)26)5-22-6-9(12(24)14(18,19)20)11(21-22)13(15,16)17/h2-4,6H,5H2,1H3. The molecule has 0 aliphatic rings. The number of hydrogen-bond donors (Lipinski definition) is 0. The van der Waals surface area contributed by atoms with Gasteiger partial charge in [-0.05, 0) is 18.6 Å². The maximum Gasteiger partial charge on any atom is 0.455 e. The Kier molecular flexibility index (Phi) is 4.79. The lowest BCUT2D eigenvalue weighted by Gasteiger charge is -2.07. The van der Waals surface area contributed by atoms with Gasteiger partial charge in [0.15, 0.2) is 5.69 Å². The molecule has 0 bridgehead atoms. The van der Waals surface area contributed by atoms with Crippen LogP contribution in [0.1, 0.15) is 27.2 Å². The summed E-state index contributed by atoms with van der Waals surface area (Å²) in [5.41, 5.74) is -3.31. The molecule has 0 atom stereocenters. The molecule has 0 unspecified atom stereocenters. The molecule has 1 aromatic carbocycles. The third-order valence-electron chi connectivity index (χ3n) is 3.33. The van der Waals surface area contributed by atoms with Crippen molar-refractivity contribution < 1.29 is 36.1 Å². The number of nitro benzene ring substituents is 1. The molecule has 2 rings (SSSR count). The van der Waals surface area contributed by atoms with Crippen LogP contribution in [0.3, 0.4) is 0 Å². The number of hydrogen-bond acceptors (Lipinski definition) is 4. The summed E-state index contributed by atoms with van der Waals surface area (Å²) in [5, 5.41) is 13.8. The van der Waals surface area contributed by atoms with Gasteiger partial charge >= 0.3 is 12.4 Å². The van der Waals surface area contributed by atoms with E-state index >= 15 is 0 Å². The Bertz CT molecular complexity index is 870. The monoisotopic (exact) mass is 381 g/mol. The van der Waals surface area contributed by atoms with Crippen molar-refractivity contribution in [3.05, 3.63) is 56.9 Å². The Labute approximate surface area is 141 Å². The summed E-state index contributed by atoms with van der Waals surface area (Å²) in [4.78, 5) is 21.3. The van der Waals surface area contributed by atoms with Gasteiger partial charge in [0.1, 0.15) is 0 Å². The summed E-state index contributed by atoms with van der Waals surface area (Å²) in [6.45, 7) is 0.984. The van der Waals surface area contributed by atoms with E-state index in [1.54, 1.807) is 0 Å². The third kappa shape index (κ3) is 4.00. The molecular formula is C14H9F6N3O3. The minimum Gasteiger partial charge on any atom is -0.284 e. The van der Waals surface area contributed by atoms with Crippen LogP contribution in [-0.4, -0.2) is 26.7 Å². The Morgan fingerprint density at radius 2 is 1.85 bits per heavy atom. The van der Waals surface area contributed by atoms with Crippen LogP contribution < -0.4 is 0 Å². The number of nitro groups is 1. The van der Waals surface area contributed by atoms with E-state index in [-0.39, 0.29) is 16.8 Å². The fourth-order valence-corrected chi connectivity index (χ4v) is 2.24. The van der Waals surface area contributed by atoms with Gasteiger partial charge in [-0.25, -0.2) is 0 Å². The first-order valence-corrected chi connectivity index (χ1v) is 6.81. The normalized spacial score (nSPS) is 12.3. The van der Waals surface area contributed by atoms with Crippen molar-refractivity contribution in [2.75, 3.05) is 0 Å². The number of rotatable bonds is 4. The number of aromatic nitrogens is 2. The number of Topliss-reactive ketones (excluding diaryl/α,β-unsaturated/α-hetero) is 1. The Morgan fingerprint density at radius 3 is 2.31 bits per heavy atom. The molecule has 0 N–H and O–H groups in total. The zero-order valence-electron chi connectivity index (χ0n) is 12.9. The number of nitrogens with zero attached hydrogens (tertiary/aromatic N) is 3. The van der Waals surface area contributed by atoms with Crippen LogP contribution in [0.4, 0.5) is 32.0 Å². The van der Waals surface area contributed by atoms with Crippen molar-refractivity contribution in [2.45, 2.75) is 25.8 Å². The van der Waals surface area contributed by atoms with Gasteiger partial charge in [-0.15, -0.1) is 0 Å². The fourth-order valence-electron chi connectivity index (χ4n) is 2.24. The molecule has 0 spiro atoms. The van der Waals surface area contributed by atoms with Gasteiger partial charge in [-0.2, -0.15) is 31.4 Å². The molecule has 0 radical (unpaired) electrons. The van der Waals surface area contributed by atoms with Gasteiger partial charge in [-0.1, -0.05) is 6.07 Å². The highest BCUT2D eigenvalue weighted by atomic mass is 19.4. The van der Waals surface area contributed by atoms with Crippen molar-refractivity contribution in [1.29, 1.82) is 0 Å². The van der Waals surface area contributed by atoms with Crippen LogP contribution in [0.15, 0.2) is 24.4 Å². The number of ketones is 1. The average molecular weight is 381 g/mol. The SMILES string of the molecule is Cc1cc(Cn2cc(C(=O)C(F)(F)F)c(C(F)(F)F)n2)ccc1[N+](=O)[O-]. The minimum absolute atomic E-state index is 0.210. The van der Waals surface area contributed by atoms with E-state index in [0.717, 1.165) is 6.07 Å². The van der Waals surface area contributed by atoms with Gasteiger partial charge in [0.2, 0.25) is 0 Å². The molecule has 1 heterocycles. The summed E-state index contributed by atoms with van der Waals surface area (Å²) in [5.74, 6) is -2.66. The Hall–Kier alpha value is -2.92. The predicted molar refractivity (Wildman–Crippen MR) is 74.5 cm³/mol. The first-order chi connectivity index (χ1) is 11.8. The van der Waals surface area contributed by atoms with E-state index in [1.807, 2.05) is 0 Å². The average Bonchev–Trinajstić information content (AvgIpc) is 2.89. The van der Waals surface area contributed by atoms with Crippen molar-refractivity contribution in [3.63, 3.8) is 0 Å². The summed E-state index contributed by atoms with van der Waals surface area (Å²) >= 11 is 0. The number of benzene rings is 1. The number of alkyl halides is 6. The molecule has 1 aromatic heterocycles. The lowest BCUT2D eigenvalue weighted by atomic mass is 10.1. The Morgan fingerprint density at radius 1 is 1.23 bits per heavy atom. The highest BCUT2D eigenvalue weighted by Crippen LogP contribution is 2.34. The largest absolute Gasteiger partial charge is 0.455 e. The lowest BCUT2D eigenvalue weighted by molar-refractivity contribution is -0.385. The van der Waals surface area contributed by atoms with Crippen LogP contribution >= 0.6 is 0 Å². The van der Waals surface area contributed by atoms with Crippen molar-refractivity contribution >= 4 is 11.5 Å². The molecule has 0 amide bonds. The zero-order chi connectivity index (χ0) is 19.9. The van der Waals surface area contributed by atoms with Gasteiger partial charge in [-0.3, -0.25) is 19.6 Å². The molecule has 2 aromatic rings. The van der Waals surface area contributed by atoms with Crippen LogP contribution in [0.25, 0.3) is 0 Å². The maximum absolute atomic E-state index is 12.9.